The summed E-state index contributed by atoms with van der Waals surface area (Å²) >= 11 is 11.8. The zero-order chi connectivity index (χ0) is 21.3. The lowest BCUT2D eigenvalue weighted by Gasteiger charge is -2.39. The molecule has 1 aromatic carbocycles. The first-order valence-electron chi connectivity index (χ1n) is 9.34. The third kappa shape index (κ3) is 4.03. The molecule has 2 aliphatic rings. The van der Waals surface area contributed by atoms with Crippen LogP contribution in [0.5, 0.6) is 0 Å². The van der Waals surface area contributed by atoms with Gasteiger partial charge in [-0.3, -0.25) is 19.9 Å². The molecule has 0 aliphatic carbocycles. The standard InChI is InChI=1S/C19H19Cl2N7O2/c20-13-12(24-14(21)15(22)25-13)16(29)26-18-23-10-19(27-18)6-8-28(9-7-19)17(30)11-4-2-1-3-5-11/h1-5H,6-10H2,(H2,22,25)(H2,23,26,27,29). The van der Waals surface area contributed by atoms with Crippen molar-refractivity contribution in [3.05, 3.63) is 51.9 Å². The second kappa shape index (κ2) is 8.08. The van der Waals surface area contributed by atoms with E-state index in [1.807, 2.05) is 35.2 Å². The van der Waals surface area contributed by atoms with Gasteiger partial charge in [0.15, 0.2) is 27.8 Å². The number of hydrogen-bond donors (Lipinski definition) is 3. The highest BCUT2D eigenvalue weighted by Gasteiger charge is 2.40. The molecule has 156 valence electrons. The van der Waals surface area contributed by atoms with E-state index in [2.05, 4.69) is 25.6 Å². The van der Waals surface area contributed by atoms with Crippen LogP contribution in [0, 0.1) is 0 Å². The SMILES string of the molecule is Nc1nc(Cl)c(C(=O)NC2=NCC3(CCN(C(=O)c4ccccc4)CC3)N2)nc1Cl. The van der Waals surface area contributed by atoms with E-state index in [9.17, 15) is 9.59 Å². The van der Waals surface area contributed by atoms with Gasteiger partial charge in [0.2, 0.25) is 0 Å². The van der Waals surface area contributed by atoms with Gasteiger partial charge in [-0.25, -0.2) is 9.97 Å². The van der Waals surface area contributed by atoms with Gasteiger partial charge in [0.1, 0.15) is 0 Å². The number of rotatable bonds is 2. The number of carbonyl (C=O) groups is 2. The summed E-state index contributed by atoms with van der Waals surface area (Å²) in [6.07, 6.45) is 1.42. The van der Waals surface area contributed by atoms with E-state index in [1.54, 1.807) is 0 Å². The molecule has 2 amide bonds. The van der Waals surface area contributed by atoms with Crippen molar-refractivity contribution in [2.24, 2.45) is 4.99 Å². The third-order valence-corrected chi connectivity index (χ3v) is 5.78. The average Bonchev–Trinajstić information content (AvgIpc) is 3.13. The number of benzene rings is 1. The molecular weight excluding hydrogens is 429 g/mol. The third-order valence-electron chi connectivity index (χ3n) is 5.23. The van der Waals surface area contributed by atoms with Gasteiger partial charge >= 0.3 is 0 Å². The summed E-state index contributed by atoms with van der Waals surface area (Å²) < 4.78 is 0. The number of halogens is 2. The molecule has 1 spiro atoms. The number of nitrogens with one attached hydrogen (secondary N) is 2. The van der Waals surface area contributed by atoms with Gasteiger partial charge in [-0.05, 0) is 25.0 Å². The smallest absolute Gasteiger partial charge is 0.279 e. The van der Waals surface area contributed by atoms with Gasteiger partial charge in [0, 0.05) is 18.7 Å². The molecule has 0 atom stereocenters. The second-order valence-electron chi connectivity index (χ2n) is 7.22. The second-order valence-corrected chi connectivity index (χ2v) is 7.94. The van der Waals surface area contributed by atoms with Crippen molar-refractivity contribution in [2.75, 3.05) is 25.4 Å². The molecule has 1 saturated heterocycles. The monoisotopic (exact) mass is 447 g/mol. The fourth-order valence-corrected chi connectivity index (χ4v) is 3.88. The summed E-state index contributed by atoms with van der Waals surface area (Å²) in [6, 6.07) is 9.22. The lowest BCUT2D eigenvalue weighted by Crippen LogP contribution is -2.56. The van der Waals surface area contributed by atoms with Crippen LogP contribution in [0.2, 0.25) is 10.3 Å². The lowest BCUT2D eigenvalue weighted by molar-refractivity contribution is 0.0668. The fourth-order valence-electron chi connectivity index (χ4n) is 3.53. The number of nitrogens with zero attached hydrogens (tertiary/aromatic N) is 4. The van der Waals surface area contributed by atoms with Crippen molar-refractivity contribution in [2.45, 2.75) is 18.4 Å². The van der Waals surface area contributed by atoms with Gasteiger partial charge in [0.25, 0.3) is 11.8 Å². The molecular formula is C19H19Cl2N7O2. The Balaban J connectivity index is 1.35. The van der Waals surface area contributed by atoms with Crippen molar-refractivity contribution < 1.29 is 9.59 Å². The predicted octanol–water partition coefficient (Wildman–Crippen LogP) is 1.73. The summed E-state index contributed by atoms with van der Waals surface area (Å²) in [5, 5.41) is 5.69. The Morgan fingerprint density at radius 1 is 1.10 bits per heavy atom. The molecule has 30 heavy (non-hydrogen) atoms. The van der Waals surface area contributed by atoms with Crippen LogP contribution in [0.3, 0.4) is 0 Å². The summed E-state index contributed by atoms with van der Waals surface area (Å²) in [5.41, 5.74) is 5.77. The van der Waals surface area contributed by atoms with Crippen LogP contribution >= 0.6 is 23.2 Å². The fraction of sp³-hybridized carbons (Fsp3) is 0.316. The molecule has 0 unspecified atom stereocenters. The van der Waals surface area contributed by atoms with E-state index >= 15 is 0 Å². The molecule has 0 bridgehead atoms. The minimum Gasteiger partial charge on any atom is -0.381 e. The van der Waals surface area contributed by atoms with Gasteiger partial charge in [-0.15, -0.1) is 0 Å². The number of anilines is 1. The van der Waals surface area contributed by atoms with Gasteiger partial charge in [-0.2, -0.15) is 0 Å². The van der Waals surface area contributed by atoms with Crippen LogP contribution in [0.1, 0.15) is 33.7 Å². The number of guanidine groups is 1. The van der Waals surface area contributed by atoms with E-state index in [-0.39, 0.29) is 33.3 Å². The first kappa shape index (κ1) is 20.4. The quantitative estimate of drug-likeness (QED) is 0.643. The molecule has 0 saturated carbocycles. The van der Waals surface area contributed by atoms with E-state index in [0.717, 1.165) is 0 Å². The maximum atomic E-state index is 12.6. The maximum Gasteiger partial charge on any atom is 0.279 e. The van der Waals surface area contributed by atoms with E-state index in [0.29, 0.717) is 44.0 Å². The number of likely N-dealkylation sites (tertiary alicyclic amines) is 1. The zero-order valence-corrected chi connectivity index (χ0v) is 17.4. The van der Waals surface area contributed by atoms with Crippen molar-refractivity contribution in [1.29, 1.82) is 0 Å². The minimum absolute atomic E-state index is 0.0198. The van der Waals surface area contributed by atoms with Crippen LogP contribution in [0.25, 0.3) is 0 Å². The van der Waals surface area contributed by atoms with Crippen LogP contribution in [-0.2, 0) is 0 Å². The van der Waals surface area contributed by atoms with E-state index in [4.69, 9.17) is 28.9 Å². The Labute approximate surface area is 182 Å². The highest BCUT2D eigenvalue weighted by atomic mass is 35.5. The van der Waals surface area contributed by atoms with Crippen LogP contribution < -0.4 is 16.4 Å². The van der Waals surface area contributed by atoms with E-state index < -0.39 is 5.91 Å². The number of piperidine rings is 1. The molecule has 1 fully saturated rings. The number of aliphatic imine (C=N–C) groups is 1. The largest absolute Gasteiger partial charge is 0.381 e. The molecule has 11 heteroatoms. The molecule has 3 heterocycles. The van der Waals surface area contributed by atoms with Gasteiger partial charge in [0.05, 0.1) is 12.1 Å². The number of hydrogen-bond acceptors (Lipinski definition) is 7. The summed E-state index contributed by atoms with van der Waals surface area (Å²) in [7, 11) is 0. The number of carbonyl (C=O) groups excluding carboxylic acids is 2. The van der Waals surface area contributed by atoms with Crippen molar-refractivity contribution in [3.8, 4) is 0 Å². The Bertz CT molecular complexity index is 1020. The Hall–Kier alpha value is -2.91. The predicted molar refractivity (Wildman–Crippen MR) is 114 cm³/mol. The normalized spacial score (nSPS) is 17.4. The van der Waals surface area contributed by atoms with Gasteiger partial charge in [-0.1, -0.05) is 41.4 Å². The maximum absolute atomic E-state index is 12.6. The topological polar surface area (TPSA) is 126 Å². The minimum atomic E-state index is -0.589. The Kier molecular flexibility index (Phi) is 5.48. The lowest BCUT2D eigenvalue weighted by atomic mass is 9.88. The molecule has 2 aromatic rings. The van der Waals surface area contributed by atoms with Crippen LogP contribution in [0.15, 0.2) is 35.3 Å². The molecule has 9 nitrogen and oxygen atoms in total. The van der Waals surface area contributed by atoms with Crippen molar-refractivity contribution in [3.63, 3.8) is 0 Å². The van der Waals surface area contributed by atoms with Crippen molar-refractivity contribution >= 4 is 46.8 Å². The summed E-state index contributed by atoms with van der Waals surface area (Å²) in [4.78, 5) is 39.0. The summed E-state index contributed by atoms with van der Waals surface area (Å²) in [6.45, 7) is 1.70. The summed E-state index contributed by atoms with van der Waals surface area (Å²) in [5.74, 6) is -0.292. The molecule has 4 rings (SSSR count). The molecule has 0 radical (unpaired) electrons. The highest BCUT2D eigenvalue weighted by molar-refractivity contribution is 6.35. The Morgan fingerprint density at radius 2 is 1.80 bits per heavy atom. The van der Waals surface area contributed by atoms with E-state index in [1.165, 1.54) is 0 Å². The highest BCUT2D eigenvalue weighted by Crippen LogP contribution is 2.27. The number of nitrogens with two attached hydrogens (primary N) is 1. The first-order chi connectivity index (χ1) is 14.4. The van der Waals surface area contributed by atoms with Crippen LogP contribution in [-0.4, -0.2) is 57.8 Å². The number of aromatic nitrogens is 2. The molecule has 2 aliphatic heterocycles. The number of nitrogen functional groups attached to an aromatic ring is 1. The van der Waals surface area contributed by atoms with Crippen LogP contribution in [0.4, 0.5) is 5.82 Å². The van der Waals surface area contributed by atoms with Gasteiger partial charge < -0.3 is 16.0 Å². The zero-order valence-electron chi connectivity index (χ0n) is 15.9. The Morgan fingerprint density at radius 3 is 2.50 bits per heavy atom. The molecule has 1 aromatic heterocycles. The van der Waals surface area contributed by atoms with Crippen molar-refractivity contribution in [1.82, 2.24) is 25.5 Å². The first-order valence-corrected chi connectivity index (χ1v) is 10.1. The number of amides is 2. The average molecular weight is 448 g/mol. The molecule has 4 N–H and O–H groups in total.